The van der Waals surface area contributed by atoms with Crippen molar-refractivity contribution in [1.29, 1.82) is 0 Å². The summed E-state index contributed by atoms with van der Waals surface area (Å²) in [5, 5.41) is 0.243. The zero-order chi connectivity index (χ0) is 9.26. The van der Waals surface area contributed by atoms with Crippen molar-refractivity contribution in [1.82, 2.24) is 9.97 Å². The summed E-state index contributed by atoms with van der Waals surface area (Å²) >= 11 is 9.28. The molecule has 1 aromatic heterocycles. The van der Waals surface area contributed by atoms with Gasteiger partial charge in [-0.2, -0.15) is 0 Å². The Morgan fingerprint density at radius 1 is 1.46 bits per heavy atom. The molecule has 0 amide bonds. The maximum atomic E-state index is 5.98. The number of hydrogen-bond acceptors (Lipinski definition) is 3. The summed E-state index contributed by atoms with van der Waals surface area (Å²) < 4.78 is 0.901. The quantitative estimate of drug-likeness (QED) is 0.726. The van der Waals surface area contributed by atoms with Crippen molar-refractivity contribution in [3.63, 3.8) is 0 Å². The van der Waals surface area contributed by atoms with E-state index in [0.29, 0.717) is 0 Å². The third kappa shape index (κ3) is 2.11. The summed E-state index contributed by atoms with van der Waals surface area (Å²) in [7, 11) is 0. The Balaban J connectivity index is 2.13. The Labute approximate surface area is 90.3 Å². The van der Waals surface area contributed by atoms with Gasteiger partial charge in [-0.15, -0.1) is 11.6 Å². The molecule has 0 radical (unpaired) electrons. The van der Waals surface area contributed by atoms with Crippen LogP contribution in [0.2, 0.25) is 0 Å². The smallest absolute Gasteiger partial charge is 0.225 e. The standard InChI is InChI=1S/C8H9BrClN3/c9-6-3-11-8(12-4-6)13-2-1-7(10)5-13/h3-4,7H,1-2,5H2. The first-order valence-corrected chi connectivity index (χ1v) is 5.35. The number of hydrogen-bond donors (Lipinski definition) is 0. The zero-order valence-electron chi connectivity index (χ0n) is 6.95. The van der Waals surface area contributed by atoms with Crippen LogP contribution in [0.15, 0.2) is 16.9 Å². The number of nitrogens with zero attached hydrogens (tertiary/aromatic N) is 3. The zero-order valence-corrected chi connectivity index (χ0v) is 9.29. The average molecular weight is 263 g/mol. The van der Waals surface area contributed by atoms with Gasteiger partial charge in [-0.05, 0) is 22.4 Å². The van der Waals surface area contributed by atoms with E-state index >= 15 is 0 Å². The summed E-state index contributed by atoms with van der Waals surface area (Å²) in [4.78, 5) is 10.5. The number of halogens is 2. The molecule has 0 aliphatic carbocycles. The molecule has 1 fully saturated rings. The summed E-state index contributed by atoms with van der Waals surface area (Å²) in [6.07, 6.45) is 4.52. The van der Waals surface area contributed by atoms with E-state index in [9.17, 15) is 0 Å². The van der Waals surface area contributed by atoms with Crippen LogP contribution in [-0.2, 0) is 0 Å². The molecular weight excluding hydrogens is 253 g/mol. The predicted octanol–water partition coefficient (Wildman–Crippen LogP) is 2.06. The largest absolute Gasteiger partial charge is 0.339 e. The molecule has 1 unspecified atom stereocenters. The average Bonchev–Trinajstić information content (AvgIpc) is 2.53. The molecule has 1 saturated heterocycles. The number of aromatic nitrogens is 2. The maximum absolute atomic E-state index is 5.98. The Hall–Kier alpha value is -0.350. The van der Waals surface area contributed by atoms with Gasteiger partial charge in [-0.3, -0.25) is 0 Å². The van der Waals surface area contributed by atoms with Crippen LogP contribution in [0.3, 0.4) is 0 Å². The van der Waals surface area contributed by atoms with Gasteiger partial charge in [0.1, 0.15) is 0 Å². The molecule has 0 bridgehead atoms. The fourth-order valence-electron chi connectivity index (χ4n) is 1.37. The second-order valence-corrected chi connectivity index (χ2v) is 4.57. The van der Waals surface area contributed by atoms with Crippen LogP contribution in [0.4, 0.5) is 5.95 Å². The summed E-state index contributed by atoms with van der Waals surface area (Å²) in [6.45, 7) is 1.80. The Morgan fingerprint density at radius 3 is 2.69 bits per heavy atom. The van der Waals surface area contributed by atoms with Gasteiger partial charge >= 0.3 is 0 Å². The van der Waals surface area contributed by atoms with E-state index in [-0.39, 0.29) is 5.38 Å². The molecule has 0 saturated carbocycles. The van der Waals surface area contributed by atoms with E-state index in [1.165, 1.54) is 0 Å². The number of rotatable bonds is 1. The minimum atomic E-state index is 0.243. The van der Waals surface area contributed by atoms with Gasteiger partial charge in [0, 0.05) is 25.5 Å². The van der Waals surface area contributed by atoms with Crippen molar-refractivity contribution in [2.75, 3.05) is 18.0 Å². The van der Waals surface area contributed by atoms with Gasteiger partial charge in [0.2, 0.25) is 5.95 Å². The molecule has 1 aliphatic rings. The summed E-state index contributed by atoms with van der Waals surface area (Å²) in [5.74, 6) is 0.770. The summed E-state index contributed by atoms with van der Waals surface area (Å²) in [5.41, 5.74) is 0. The SMILES string of the molecule is ClC1CCN(c2ncc(Br)cn2)C1. The third-order valence-corrected chi connectivity index (χ3v) is 2.79. The summed E-state index contributed by atoms with van der Waals surface area (Å²) in [6, 6.07) is 0. The van der Waals surface area contributed by atoms with Crippen LogP contribution >= 0.6 is 27.5 Å². The molecule has 1 atom stereocenters. The molecule has 70 valence electrons. The second-order valence-electron chi connectivity index (χ2n) is 3.03. The van der Waals surface area contributed by atoms with Crippen LogP contribution in [0.25, 0.3) is 0 Å². The normalized spacial score (nSPS) is 22.3. The number of alkyl halides is 1. The highest BCUT2D eigenvalue weighted by Gasteiger charge is 2.21. The van der Waals surface area contributed by atoms with E-state index in [2.05, 4.69) is 30.8 Å². The molecule has 2 heterocycles. The highest BCUT2D eigenvalue weighted by Crippen LogP contribution is 2.19. The van der Waals surface area contributed by atoms with E-state index in [0.717, 1.165) is 29.9 Å². The Morgan fingerprint density at radius 2 is 2.15 bits per heavy atom. The predicted molar refractivity (Wildman–Crippen MR) is 56.2 cm³/mol. The van der Waals surface area contributed by atoms with Crippen molar-refractivity contribution < 1.29 is 0 Å². The second kappa shape index (κ2) is 3.80. The molecular formula is C8H9BrClN3. The first-order chi connectivity index (χ1) is 6.25. The fraction of sp³-hybridized carbons (Fsp3) is 0.500. The molecule has 5 heteroatoms. The van der Waals surface area contributed by atoms with Crippen LogP contribution in [0.1, 0.15) is 6.42 Å². The molecule has 1 aliphatic heterocycles. The van der Waals surface area contributed by atoms with Crippen LogP contribution in [0.5, 0.6) is 0 Å². The molecule has 2 rings (SSSR count). The van der Waals surface area contributed by atoms with Crippen molar-refractivity contribution in [3.8, 4) is 0 Å². The topological polar surface area (TPSA) is 29.0 Å². The van der Waals surface area contributed by atoms with Crippen LogP contribution < -0.4 is 4.90 Å². The fourth-order valence-corrected chi connectivity index (χ4v) is 1.84. The van der Waals surface area contributed by atoms with E-state index in [1.807, 2.05) is 0 Å². The first kappa shape index (κ1) is 9.21. The first-order valence-electron chi connectivity index (χ1n) is 4.12. The Bertz CT molecular complexity index is 290. The minimum Gasteiger partial charge on any atom is -0.339 e. The monoisotopic (exact) mass is 261 g/mol. The van der Waals surface area contributed by atoms with Gasteiger partial charge in [0.15, 0.2) is 0 Å². The van der Waals surface area contributed by atoms with Gasteiger partial charge < -0.3 is 4.90 Å². The van der Waals surface area contributed by atoms with Crippen molar-refractivity contribution >= 4 is 33.5 Å². The molecule has 0 aromatic carbocycles. The lowest BCUT2D eigenvalue weighted by Crippen LogP contribution is -2.21. The highest BCUT2D eigenvalue weighted by molar-refractivity contribution is 9.10. The number of anilines is 1. The molecule has 1 aromatic rings. The van der Waals surface area contributed by atoms with Gasteiger partial charge in [-0.25, -0.2) is 9.97 Å². The lowest BCUT2D eigenvalue weighted by molar-refractivity contribution is 0.896. The maximum Gasteiger partial charge on any atom is 0.225 e. The highest BCUT2D eigenvalue weighted by atomic mass is 79.9. The molecule has 13 heavy (non-hydrogen) atoms. The van der Waals surface area contributed by atoms with Crippen LogP contribution in [0, 0.1) is 0 Å². The van der Waals surface area contributed by atoms with Gasteiger partial charge in [-0.1, -0.05) is 0 Å². The van der Waals surface area contributed by atoms with E-state index in [1.54, 1.807) is 12.4 Å². The van der Waals surface area contributed by atoms with E-state index < -0.39 is 0 Å². The van der Waals surface area contributed by atoms with Crippen LogP contribution in [-0.4, -0.2) is 28.4 Å². The minimum absolute atomic E-state index is 0.243. The lowest BCUT2D eigenvalue weighted by atomic mass is 10.4. The molecule has 3 nitrogen and oxygen atoms in total. The third-order valence-electron chi connectivity index (χ3n) is 2.02. The molecule has 0 spiro atoms. The van der Waals surface area contributed by atoms with Gasteiger partial charge in [0.25, 0.3) is 0 Å². The molecule has 0 N–H and O–H groups in total. The van der Waals surface area contributed by atoms with Crippen molar-refractivity contribution in [3.05, 3.63) is 16.9 Å². The Kier molecular flexibility index (Phi) is 2.69. The van der Waals surface area contributed by atoms with Crippen molar-refractivity contribution in [2.24, 2.45) is 0 Å². The van der Waals surface area contributed by atoms with E-state index in [4.69, 9.17) is 11.6 Å². The van der Waals surface area contributed by atoms with Gasteiger partial charge in [0.05, 0.1) is 9.85 Å². The lowest BCUT2D eigenvalue weighted by Gasteiger charge is -2.14. The van der Waals surface area contributed by atoms with Crippen molar-refractivity contribution in [2.45, 2.75) is 11.8 Å².